The van der Waals surface area contributed by atoms with Crippen LogP contribution < -0.4 is 11.1 Å². The smallest absolute Gasteiger partial charge is 0.255 e. The van der Waals surface area contributed by atoms with Crippen molar-refractivity contribution < 1.29 is 4.79 Å². The van der Waals surface area contributed by atoms with Crippen LogP contribution in [0, 0.1) is 13.8 Å². The number of benzene rings is 2. The van der Waals surface area contributed by atoms with Crippen LogP contribution in [0.1, 0.15) is 45.5 Å². The quantitative estimate of drug-likeness (QED) is 0.342. The highest BCUT2D eigenvalue weighted by Gasteiger charge is 2.14. The number of carbonyl (C=O) groups excluding carboxylic acids is 1. The van der Waals surface area contributed by atoms with E-state index >= 15 is 0 Å². The first-order valence-electron chi connectivity index (χ1n) is 10.6. The van der Waals surface area contributed by atoms with Gasteiger partial charge < -0.3 is 15.6 Å². The second kappa shape index (κ2) is 10.2. The van der Waals surface area contributed by atoms with Crippen molar-refractivity contribution in [3.63, 3.8) is 0 Å². The predicted octanol–water partition coefficient (Wildman–Crippen LogP) is 5.09. The molecule has 0 fully saturated rings. The van der Waals surface area contributed by atoms with Gasteiger partial charge in [0.2, 0.25) is 0 Å². The summed E-state index contributed by atoms with van der Waals surface area (Å²) in [5.74, 6) is 1.44. The molecule has 0 spiro atoms. The zero-order valence-electron chi connectivity index (χ0n) is 18.8. The average Bonchev–Trinajstić information content (AvgIpc) is 3.40. The summed E-state index contributed by atoms with van der Waals surface area (Å²) in [4.78, 5) is 17.1. The van der Waals surface area contributed by atoms with Crippen molar-refractivity contribution in [3.05, 3.63) is 81.6 Å². The first kappa shape index (κ1) is 23.0. The SMILES string of the molecule is CCn1c(Cc2csc(N)n2)nnc1SCc1cccc(C(=O)Nc2cc(C)ccc2C)c1. The molecular weight excluding hydrogens is 452 g/mol. The summed E-state index contributed by atoms with van der Waals surface area (Å²) in [7, 11) is 0. The minimum atomic E-state index is -0.114. The molecule has 9 heteroatoms. The Labute approximate surface area is 201 Å². The number of nitrogens with one attached hydrogen (secondary N) is 1. The van der Waals surface area contributed by atoms with Gasteiger partial charge in [-0.3, -0.25) is 4.79 Å². The number of thioether (sulfide) groups is 1. The van der Waals surface area contributed by atoms with Crippen LogP contribution in [0.5, 0.6) is 0 Å². The molecule has 0 aliphatic rings. The standard InChI is InChI=1S/C24H26N6OS2/c1-4-30-21(12-19-14-32-23(25)26-19)28-29-24(30)33-13-17-6-5-7-18(11-17)22(31)27-20-10-15(2)8-9-16(20)3/h5-11,14H,4,12-13H2,1-3H3,(H2,25,26)(H,27,31). The average molecular weight is 479 g/mol. The lowest BCUT2D eigenvalue weighted by Gasteiger charge is -2.10. The fourth-order valence-corrected chi connectivity index (χ4v) is 4.98. The maximum atomic E-state index is 12.8. The Morgan fingerprint density at radius 3 is 2.79 bits per heavy atom. The molecule has 33 heavy (non-hydrogen) atoms. The lowest BCUT2D eigenvalue weighted by molar-refractivity contribution is 0.102. The summed E-state index contributed by atoms with van der Waals surface area (Å²) in [6, 6.07) is 13.7. The van der Waals surface area contributed by atoms with Gasteiger partial charge in [-0.05, 0) is 55.7 Å². The summed E-state index contributed by atoms with van der Waals surface area (Å²) in [6.45, 7) is 6.84. The maximum absolute atomic E-state index is 12.8. The van der Waals surface area contributed by atoms with Crippen molar-refractivity contribution >= 4 is 39.8 Å². The molecule has 4 aromatic rings. The molecule has 2 aromatic heterocycles. The summed E-state index contributed by atoms with van der Waals surface area (Å²) in [5.41, 5.74) is 11.3. The molecule has 7 nitrogen and oxygen atoms in total. The molecule has 2 heterocycles. The van der Waals surface area contributed by atoms with E-state index in [0.717, 1.165) is 45.6 Å². The van der Waals surface area contributed by atoms with E-state index in [0.29, 0.717) is 22.9 Å². The van der Waals surface area contributed by atoms with E-state index in [4.69, 9.17) is 5.73 Å². The van der Waals surface area contributed by atoms with Crippen LogP contribution in [-0.2, 0) is 18.7 Å². The van der Waals surface area contributed by atoms with Gasteiger partial charge >= 0.3 is 0 Å². The second-order valence-electron chi connectivity index (χ2n) is 7.76. The second-order valence-corrected chi connectivity index (χ2v) is 9.59. The van der Waals surface area contributed by atoms with Gasteiger partial charge in [-0.2, -0.15) is 0 Å². The molecule has 170 valence electrons. The number of nitrogens with zero attached hydrogens (tertiary/aromatic N) is 4. The lowest BCUT2D eigenvalue weighted by Crippen LogP contribution is -2.13. The van der Waals surface area contributed by atoms with Gasteiger partial charge in [0.15, 0.2) is 10.3 Å². The number of amides is 1. The fourth-order valence-electron chi connectivity index (χ4n) is 3.46. The van der Waals surface area contributed by atoms with Crippen molar-refractivity contribution in [2.45, 2.75) is 44.6 Å². The van der Waals surface area contributed by atoms with Crippen molar-refractivity contribution in [3.8, 4) is 0 Å². The first-order valence-corrected chi connectivity index (χ1v) is 12.5. The molecular formula is C24H26N6OS2. The van der Waals surface area contributed by atoms with E-state index in [1.807, 2.05) is 61.7 Å². The van der Waals surface area contributed by atoms with Crippen molar-refractivity contribution in [2.24, 2.45) is 0 Å². The molecule has 0 saturated heterocycles. The minimum absolute atomic E-state index is 0.114. The fraction of sp³-hybridized carbons (Fsp3) is 0.250. The predicted molar refractivity (Wildman–Crippen MR) is 135 cm³/mol. The molecule has 4 rings (SSSR count). The molecule has 1 amide bonds. The minimum Gasteiger partial charge on any atom is -0.375 e. The third kappa shape index (κ3) is 5.61. The Bertz CT molecular complexity index is 1280. The number of nitrogens with two attached hydrogens (primary N) is 1. The Balaban J connectivity index is 1.43. The molecule has 3 N–H and O–H groups in total. The number of hydrogen-bond acceptors (Lipinski definition) is 7. The topological polar surface area (TPSA) is 98.7 Å². The molecule has 0 atom stereocenters. The number of rotatable bonds is 8. The Kier molecular flexibility index (Phi) is 7.10. The molecule has 0 aliphatic heterocycles. The van der Waals surface area contributed by atoms with Gasteiger partial charge in [0.05, 0.1) is 12.1 Å². The van der Waals surface area contributed by atoms with Crippen LogP contribution in [0.2, 0.25) is 0 Å². The summed E-state index contributed by atoms with van der Waals surface area (Å²) in [5, 5.41) is 15.1. The molecule has 0 aliphatic carbocycles. The molecule has 0 saturated carbocycles. The van der Waals surface area contributed by atoms with Crippen LogP contribution >= 0.6 is 23.1 Å². The van der Waals surface area contributed by atoms with E-state index in [1.165, 1.54) is 11.3 Å². The number of anilines is 2. The number of aryl methyl sites for hydroxylation is 2. The van der Waals surface area contributed by atoms with Gasteiger partial charge in [-0.25, -0.2) is 4.98 Å². The Morgan fingerprint density at radius 1 is 1.18 bits per heavy atom. The zero-order chi connectivity index (χ0) is 23.4. The van der Waals surface area contributed by atoms with Crippen LogP contribution in [0.4, 0.5) is 10.8 Å². The third-order valence-electron chi connectivity index (χ3n) is 5.22. The van der Waals surface area contributed by atoms with Gasteiger partial charge in [-0.15, -0.1) is 21.5 Å². The van der Waals surface area contributed by atoms with E-state index in [-0.39, 0.29) is 5.91 Å². The van der Waals surface area contributed by atoms with Crippen LogP contribution in [0.3, 0.4) is 0 Å². The van der Waals surface area contributed by atoms with Crippen LogP contribution in [0.15, 0.2) is 53.0 Å². The van der Waals surface area contributed by atoms with Gasteiger partial charge in [-0.1, -0.05) is 36.0 Å². The Hall–Kier alpha value is -3.17. The first-order chi connectivity index (χ1) is 15.9. The summed E-state index contributed by atoms with van der Waals surface area (Å²) >= 11 is 3.03. The molecule has 0 unspecified atom stereocenters. The van der Waals surface area contributed by atoms with Gasteiger partial charge in [0.25, 0.3) is 5.91 Å². The molecule has 2 aromatic carbocycles. The number of hydrogen-bond donors (Lipinski definition) is 2. The van der Waals surface area contributed by atoms with E-state index in [9.17, 15) is 4.79 Å². The summed E-state index contributed by atoms with van der Waals surface area (Å²) in [6.07, 6.45) is 0.600. The number of carbonyl (C=O) groups is 1. The van der Waals surface area contributed by atoms with Crippen LogP contribution in [0.25, 0.3) is 0 Å². The van der Waals surface area contributed by atoms with Crippen molar-refractivity contribution in [1.29, 1.82) is 0 Å². The lowest BCUT2D eigenvalue weighted by atomic mass is 10.1. The monoisotopic (exact) mass is 478 g/mol. The molecule has 0 bridgehead atoms. The normalized spacial score (nSPS) is 11.0. The Morgan fingerprint density at radius 2 is 2.03 bits per heavy atom. The van der Waals surface area contributed by atoms with E-state index < -0.39 is 0 Å². The van der Waals surface area contributed by atoms with Gasteiger partial charge in [0, 0.05) is 28.9 Å². The van der Waals surface area contributed by atoms with Crippen LogP contribution in [-0.4, -0.2) is 25.7 Å². The maximum Gasteiger partial charge on any atom is 0.255 e. The van der Waals surface area contributed by atoms with Gasteiger partial charge in [0.1, 0.15) is 5.82 Å². The highest BCUT2D eigenvalue weighted by atomic mass is 32.2. The molecule has 0 radical (unpaired) electrons. The number of thiazole rings is 1. The number of aromatic nitrogens is 4. The zero-order valence-corrected chi connectivity index (χ0v) is 20.5. The number of nitrogen functional groups attached to an aromatic ring is 1. The third-order valence-corrected chi connectivity index (χ3v) is 6.98. The summed E-state index contributed by atoms with van der Waals surface area (Å²) < 4.78 is 2.09. The largest absolute Gasteiger partial charge is 0.375 e. The van der Waals surface area contributed by atoms with E-state index in [2.05, 4.69) is 32.0 Å². The van der Waals surface area contributed by atoms with E-state index in [1.54, 1.807) is 11.8 Å². The highest BCUT2D eigenvalue weighted by Crippen LogP contribution is 2.24. The van der Waals surface area contributed by atoms with Crippen molar-refractivity contribution in [1.82, 2.24) is 19.7 Å². The van der Waals surface area contributed by atoms with Crippen molar-refractivity contribution in [2.75, 3.05) is 11.1 Å². The highest BCUT2D eigenvalue weighted by molar-refractivity contribution is 7.98.